The van der Waals surface area contributed by atoms with Gasteiger partial charge in [0.15, 0.2) is 6.17 Å². The highest BCUT2D eigenvalue weighted by Crippen LogP contribution is 2.15. The van der Waals surface area contributed by atoms with Crippen LogP contribution in [0.25, 0.3) is 0 Å². The van der Waals surface area contributed by atoms with Crippen molar-refractivity contribution >= 4 is 11.7 Å². The molecule has 0 rings (SSSR count). The molecule has 0 heterocycles. The van der Waals surface area contributed by atoms with Crippen LogP contribution in [0.4, 0.5) is 0 Å². The van der Waals surface area contributed by atoms with Gasteiger partial charge in [-0.05, 0) is 39.0 Å². The lowest BCUT2D eigenvalue weighted by Gasteiger charge is -2.24. The molecule has 5 nitrogen and oxygen atoms in total. The van der Waals surface area contributed by atoms with Crippen molar-refractivity contribution in [3.63, 3.8) is 0 Å². The second-order valence-corrected chi connectivity index (χ2v) is 14.0. The number of hydrogen-bond acceptors (Lipinski definition) is 4. The largest absolute Gasteiger partial charge is 0.362 e. The first-order valence-electron chi connectivity index (χ1n) is 20.6. The van der Waals surface area contributed by atoms with Crippen LogP contribution in [0.1, 0.15) is 214 Å². The number of carbonyl (C=O) groups is 2. The number of amides is 1. The van der Waals surface area contributed by atoms with E-state index in [1.165, 1.54) is 161 Å². The van der Waals surface area contributed by atoms with E-state index in [2.05, 4.69) is 56.5 Å². The summed E-state index contributed by atoms with van der Waals surface area (Å²) in [4.78, 5) is 24.2. The fraction of sp³-hybridized carbons (Fsp3) is 0.814. The van der Waals surface area contributed by atoms with E-state index in [-0.39, 0.29) is 18.2 Å². The van der Waals surface area contributed by atoms with Crippen LogP contribution in [0.2, 0.25) is 0 Å². The van der Waals surface area contributed by atoms with E-state index in [0.717, 1.165) is 43.5 Å². The van der Waals surface area contributed by atoms with E-state index >= 15 is 0 Å². The molecular weight excluding hydrogens is 590 g/mol. The Morgan fingerprint density at radius 3 is 1.04 bits per heavy atom. The minimum Gasteiger partial charge on any atom is -0.362 e. The summed E-state index contributed by atoms with van der Waals surface area (Å²) in [6.07, 6.45) is 38.6. The molecule has 48 heavy (non-hydrogen) atoms. The molecule has 0 aromatic carbocycles. The molecule has 0 spiro atoms. The quantitative estimate of drug-likeness (QED) is 0.0352. The van der Waals surface area contributed by atoms with E-state index in [9.17, 15) is 9.59 Å². The minimum atomic E-state index is -0.654. The number of carbonyl (C=O) groups excluding carboxylic acids is 2. The Bertz CT molecular complexity index is 719. The highest BCUT2D eigenvalue weighted by Gasteiger charge is 2.19. The SMILES string of the molecule is C=C(CCCCCCCCCCCCCCC)NC(NC(=C)CCCCCCCCCCCCCCC)C(=O)NCC(C)=O.C=CCC. The fourth-order valence-corrected chi connectivity index (χ4v) is 5.75. The Labute approximate surface area is 300 Å². The Hall–Kier alpha value is -2.04. The third-order valence-electron chi connectivity index (χ3n) is 8.92. The van der Waals surface area contributed by atoms with Crippen LogP contribution in [0.3, 0.4) is 0 Å². The van der Waals surface area contributed by atoms with Crippen LogP contribution in [0.15, 0.2) is 37.2 Å². The van der Waals surface area contributed by atoms with Gasteiger partial charge in [-0.2, -0.15) is 0 Å². The number of hydrogen-bond donors (Lipinski definition) is 3. The van der Waals surface area contributed by atoms with Crippen LogP contribution >= 0.6 is 0 Å². The molecule has 0 radical (unpaired) electrons. The van der Waals surface area contributed by atoms with Crippen molar-refractivity contribution in [2.45, 2.75) is 220 Å². The summed E-state index contributed by atoms with van der Waals surface area (Å²) in [5, 5.41) is 9.28. The van der Waals surface area contributed by atoms with Crippen molar-refractivity contribution in [1.82, 2.24) is 16.0 Å². The van der Waals surface area contributed by atoms with Crippen LogP contribution in [0, 0.1) is 0 Å². The highest BCUT2D eigenvalue weighted by atomic mass is 16.2. The van der Waals surface area contributed by atoms with E-state index < -0.39 is 6.17 Å². The van der Waals surface area contributed by atoms with Crippen molar-refractivity contribution in [1.29, 1.82) is 0 Å². The molecule has 0 atom stereocenters. The average Bonchev–Trinajstić information content (AvgIpc) is 3.07. The maximum atomic E-state index is 12.8. The molecule has 3 N–H and O–H groups in total. The molecule has 0 saturated carbocycles. The number of rotatable bonds is 36. The topological polar surface area (TPSA) is 70.2 Å². The molecule has 0 aliphatic carbocycles. The molecule has 5 heteroatoms. The van der Waals surface area contributed by atoms with E-state index in [1.54, 1.807) is 0 Å². The maximum absolute atomic E-state index is 12.8. The van der Waals surface area contributed by atoms with Gasteiger partial charge in [-0.3, -0.25) is 9.59 Å². The molecular formula is C43H83N3O2. The predicted octanol–water partition coefficient (Wildman–Crippen LogP) is 12.8. The number of unbranched alkanes of at least 4 members (excludes halogenated alkanes) is 24. The molecule has 0 bridgehead atoms. The number of Topliss-reactive ketones (excluding diaryl/α,β-unsaturated/α-hetero) is 1. The fourth-order valence-electron chi connectivity index (χ4n) is 5.75. The summed E-state index contributed by atoms with van der Waals surface area (Å²) in [5.41, 5.74) is 1.72. The molecule has 0 unspecified atom stereocenters. The van der Waals surface area contributed by atoms with Gasteiger partial charge >= 0.3 is 0 Å². The molecule has 0 aliphatic rings. The summed E-state index contributed by atoms with van der Waals surface area (Å²) in [5.74, 6) is -0.299. The van der Waals surface area contributed by atoms with Gasteiger partial charge in [0.1, 0.15) is 5.78 Å². The van der Waals surface area contributed by atoms with Crippen molar-refractivity contribution in [2.75, 3.05) is 6.54 Å². The molecule has 0 aromatic rings. The third kappa shape index (κ3) is 38.4. The molecule has 282 valence electrons. The van der Waals surface area contributed by atoms with Gasteiger partial charge in [-0.25, -0.2) is 0 Å². The van der Waals surface area contributed by atoms with Gasteiger partial charge in [-0.15, -0.1) is 6.58 Å². The highest BCUT2D eigenvalue weighted by molar-refractivity contribution is 5.87. The maximum Gasteiger partial charge on any atom is 0.263 e. The lowest BCUT2D eigenvalue weighted by atomic mass is 10.0. The Kier molecular flexibility index (Phi) is 39.5. The Morgan fingerprint density at radius 1 is 0.521 bits per heavy atom. The van der Waals surface area contributed by atoms with Gasteiger partial charge in [0.25, 0.3) is 5.91 Å². The van der Waals surface area contributed by atoms with Gasteiger partial charge in [0.2, 0.25) is 0 Å². The first-order valence-corrected chi connectivity index (χ1v) is 20.6. The smallest absolute Gasteiger partial charge is 0.263 e. The zero-order valence-corrected chi connectivity index (χ0v) is 32.8. The zero-order chi connectivity index (χ0) is 35.9. The molecule has 0 aliphatic heterocycles. The van der Waals surface area contributed by atoms with E-state index in [0.29, 0.717) is 0 Å². The van der Waals surface area contributed by atoms with Crippen LogP contribution < -0.4 is 16.0 Å². The summed E-state index contributed by atoms with van der Waals surface area (Å²) >= 11 is 0. The zero-order valence-electron chi connectivity index (χ0n) is 32.8. The predicted molar refractivity (Wildman–Crippen MR) is 213 cm³/mol. The van der Waals surface area contributed by atoms with Gasteiger partial charge < -0.3 is 16.0 Å². The van der Waals surface area contributed by atoms with E-state index in [1.807, 2.05) is 6.08 Å². The Morgan fingerprint density at radius 2 is 0.792 bits per heavy atom. The van der Waals surface area contributed by atoms with Crippen molar-refractivity contribution < 1.29 is 9.59 Å². The summed E-state index contributed by atoms with van der Waals surface area (Å²) in [6.45, 7) is 20.0. The van der Waals surface area contributed by atoms with Crippen molar-refractivity contribution in [2.24, 2.45) is 0 Å². The van der Waals surface area contributed by atoms with Crippen LogP contribution in [-0.4, -0.2) is 24.4 Å². The number of allylic oxidation sites excluding steroid dienone is 3. The molecule has 0 fully saturated rings. The summed E-state index contributed by atoms with van der Waals surface area (Å²) in [7, 11) is 0. The first kappa shape index (κ1) is 48.1. The van der Waals surface area contributed by atoms with Crippen molar-refractivity contribution in [3.8, 4) is 0 Å². The lowest BCUT2D eigenvalue weighted by molar-refractivity contribution is -0.126. The normalized spacial score (nSPS) is 10.7. The minimum absolute atomic E-state index is 0.0371. The second-order valence-electron chi connectivity index (χ2n) is 14.0. The van der Waals surface area contributed by atoms with Crippen LogP contribution in [0.5, 0.6) is 0 Å². The molecule has 0 aromatic heterocycles. The summed E-state index contributed by atoms with van der Waals surface area (Å²) in [6, 6.07) is 0. The van der Waals surface area contributed by atoms with Crippen molar-refractivity contribution in [3.05, 3.63) is 37.2 Å². The number of nitrogens with one attached hydrogen (secondary N) is 3. The van der Waals surface area contributed by atoms with Gasteiger partial charge in [-0.1, -0.05) is 194 Å². The van der Waals surface area contributed by atoms with Crippen LogP contribution in [-0.2, 0) is 9.59 Å². The lowest BCUT2D eigenvalue weighted by Crippen LogP contribution is -2.52. The molecule has 0 saturated heterocycles. The summed E-state index contributed by atoms with van der Waals surface area (Å²) < 4.78 is 0. The standard InChI is InChI=1S/C39H75N3O2.C4H8/c1-6-8-10-12-14-16-18-20-22-24-26-28-30-32-35(3)41-38(39(44)40-34-37(5)43)42-36(4)33-31-29-27-25-23-21-19-17-15-13-11-9-7-2;1-3-4-2/h38,41-42H,3-4,6-34H2,1-2,5H3,(H,40,44);3H,1,4H2,2H3. The monoisotopic (exact) mass is 674 g/mol. The third-order valence-corrected chi connectivity index (χ3v) is 8.92. The van der Waals surface area contributed by atoms with Gasteiger partial charge in [0, 0.05) is 11.4 Å². The average molecular weight is 674 g/mol. The first-order chi connectivity index (χ1) is 23.3. The number of ketones is 1. The van der Waals surface area contributed by atoms with Gasteiger partial charge in [0.05, 0.1) is 6.54 Å². The molecule has 1 amide bonds. The Balaban J connectivity index is 0. The van der Waals surface area contributed by atoms with E-state index in [4.69, 9.17) is 0 Å². The second kappa shape index (κ2) is 39.4.